The van der Waals surface area contributed by atoms with E-state index in [0.717, 1.165) is 6.54 Å². The fourth-order valence-corrected chi connectivity index (χ4v) is 4.14. The van der Waals surface area contributed by atoms with Gasteiger partial charge in [-0.2, -0.15) is 0 Å². The number of benzene rings is 1. The molecule has 0 aliphatic carbocycles. The number of piperidine rings is 1. The summed E-state index contributed by atoms with van der Waals surface area (Å²) >= 11 is 0. The van der Waals surface area contributed by atoms with Crippen LogP contribution in [-0.4, -0.2) is 26.1 Å². The quantitative estimate of drug-likeness (QED) is 0.749. The summed E-state index contributed by atoms with van der Waals surface area (Å²) in [5.74, 6) is 0. The molecule has 0 aromatic heterocycles. The summed E-state index contributed by atoms with van der Waals surface area (Å²) in [4.78, 5) is 2.63. The second-order valence-electron chi connectivity index (χ2n) is 7.89. The minimum Gasteiger partial charge on any atom is -0.299 e. The van der Waals surface area contributed by atoms with Gasteiger partial charge in [0, 0.05) is 6.54 Å². The molecule has 20 heavy (non-hydrogen) atoms. The first kappa shape index (κ1) is 15.8. The van der Waals surface area contributed by atoms with E-state index >= 15 is 0 Å². The Morgan fingerprint density at radius 1 is 1.05 bits per heavy atom. The van der Waals surface area contributed by atoms with Crippen LogP contribution < -0.4 is 5.19 Å². The van der Waals surface area contributed by atoms with Gasteiger partial charge in [-0.25, -0.2) is 0 Å². The molecule has 1 aromatic rings. The van der Waals surface area contributed by atoms with Crippen LogP contribution in [0.1, 0.15) is 38.7 Å². The van der Waals surface area contributed by atoms with Gasteiger partial charge in [0.15, 0.2) is 0 Å². The zero-order valence-electron chi connectivity index (χ0n) is 14.0. The van der Waals surface area contributed by atoms with Gasteiger partial charge in [0.1, 0.15) is 0 Å². The molecule has 1 heterocycles. The maximum atomic E-state index is 2.63. The van der Waals surface area contributed by atoms with E-state index in [1.54, 1.807) is 5.19 Å². The summed E-state index contributed by atoms with van der Waals surface area (Å²) in [5, 5.41) is 1.57. The molecule has 2 rings (SSSR count). The lowest BCUT2D eigenvalue weighted by Crippen LogP contribution is -2.38. The molecule has 1 aromatic carbocycles. The van der Waals surface area contributed by atoms with Gasteiger partial charge in [-0.05, 0) is 36.9 Å². The van der Waals surface area contributed by atoms with Crippen molar-refractivity contribution in [3.8, 4) is 0 Å². The molecule has 1 fully saturated rings. The number of hydrogen-bond donors (Lipinski definition) is 0. The van der Waals surface area contributed by atoms with Crippen LogP contribution in [0.3, 0.4) is 0 Å². The number of rotatable bonds is 4. The Bertz CT molecular complexity index is 422. The van der Waals surface area contributed by atoms with Crippen LogP contribution >= 0.6 is 0 Å². The first-order valence-corrected chi connectivity index (χ1v) is 11.6. The summed E-state index contributed by atoms with van der Waals surface area (Å²) < 4.78 is 0. The zero-order valence-corrected chi connectivity index (χ0v) is 15.0. The molecule has 1 saturated heterocycles. The second-order valence-corrected chi connectivity index (χ2v) is 13.0. The Hall–Kier alpha value is -0.603. The maximum Gasteiger partial charge on any atom is 0.0775 e. The third-order valence-corrected chi connectivity index (χ3v) is 7.21. The Labute approximate surface area is 126 Å². The summed E-state index contributed by atoms with van der Waals surface area (Å²) in [7, 11) is -1.15. The van der Waals surface area contributed by atoms with Crippen LogP contribution in [0.5, 0.6) is 0 Å². The van der Waals surface area contributed by atoms with Gasteiger partial charge < -0.3 is 0 Å². The lowest BCUT2D eigenvalue weighted by molar-refractivity contribution is 0.109. The van der Waals surface area contributed by atoms with Crippen molar-refractivity contribution in [1.29, 1.82) is 0 Å². The molecule has 2 heteroatoms. The summed E-state index contributed by atoms with van der Waals surface area (Å²) in [5.41, 5.74) is 2.07. The van der Waals surface area contributed by atoms with Crippen molar-refractivity contribution >= 4 is 13.3 Å². The Morgan fingerprint density at radius 3 is 2.05 bits per heavy atom. The SMILES string of the molecule is CCC1(C)CCN(Cc2ccc([Si](C)(C)C)cc2)CC1. The van der Waals surface area contributed by atoms with Gasteiger partial charge in [0.25, 0.3) is 0 Å². The van der Waals surface area contributed by atoms with E-state index < -0.39 is 8.07 Å². The van der Waals surface area contributed by atoms with Crippen LogP contribution in [0, 0.1) is 5.41 Å². The molecule has 112 valence electrons. The highest BCUT2D eigenvalue weighted by molar-refractivity contribution is 6.88. The Morgan fingerprint density at radius 2 is 1.60 bits per heavy atom. The minimum absolute atomic E-state index is 0.595. The van der Waals surface area contributed by atoms with Crippen molar-refractivity contribution < 1.29 is 0 Å². The lowest BCUT2D eigenvalue weighted by Gasteiger charge is -2.39. The van der Waals surface area contributed by atoms with Crippen LogP contribution in [0.25, 0.3) is 0 Å². The number of nitrogens with zero attached hydrogens (tertiary/aromatic N) is 1. The van der Waals surface area contributed by atoms with E-state index in [-0.39, 0.29) is 0 Å². The average molecular weight is 290 g/mol. The molecule has 1 nitrogen and oxygen atoms in total. The summed E-state index contributed by atoms with van der Waals surface area (Å²) in [6.07, 6.45) is 4.04. The highest BCUT2D eigenvalue weighted by Crippen LogP contribution is 2.34. The molecule has 0 amide bonds. The van der Waals surface area contributed by atoms with Crippen molar-refractivity contribution in [3.63, 3.8) is 0 Å². The van der Waals surface area contributed by atoms with Crippen molar-refractivity contribution in [1.82, 2.24) is 4.90 Å². The highest BCUT2D eigenvalue weighted by Gasteiger charge is 2.28. The van der Waals surface area contributed by atoms with Gasteiger partial charge in [-0.15, -0.1) is 0 Å². The summed E-state index contributed by atoms with van der Waals surface area (Å²) in [6, 6.07) is 9.42. The van der Waals surface area contributed by atoms with E-state index in [1.165, 1.54) is 37.9 Å². The van der Waals surface area contributed by atoms with E-state index in [9.17, 15) is 0 Å². The average Bonchev–Trinajstić information content (AvgIpc) is 2.41. The van der Waals surface area contributed by atoms with E-state index in [4.69, 9.17) is 0 Å². The van der Waals surface area contributed by atoms with Gasteiger partial charge in [-0.1, -0.05) is 69.4 Å². The van der Waals surface area contributed by atoms with E-state index in [1.807, 2.05) is 0 Å². The standard InChI is InChI=1S/C18H31NSi/c1-6-18(2)11-13-19(14-12-18)15-16-7-9-17(10-8-16)20(3,4)5/h7-10H,6,11-15H2,1-5H3. The van der Waals surface area contributed by atoms with Crippen molar-refractivity contribution in [3.05, 3.63) is 29.8 Å². The third-order valence-electron chi connectivity index (χ3n) is 5.14. The largest absolute Gasteiger partial charge is 0.299 e. The number of likely N-dealkylation sites (tertiary alicyclic amines) is 1. The van der Waals surface area contributed by atoms with Gasteiger partial charge >= 0.3 is 0 Å². The third kappa shape index (κ3) is 3.95. The molecule has 0 unspecified atom stereocenters. The van der Waals surface area contributed by atoms with Crippen molar-refractivity contribution in [2.24, 2.45) is 5.41 Å². The predicted octanol–water partition coefficient (Wildman–Crippen LogP) is 4.24. The van der Waals surface area contributed by atoms with Gasteiger partial charge in [0.2, 0.25) is 0 Å². The molecular formula is C18H31NSi. The Balaban J connectivity index is 1.92. The fraction of sp³-hybridized carbons (Fsp3) is 0.667. The molecular weight excluding hydrogens is 258 g/mol. The molecule has 0 N–H and O–H groups in total. The first-order valence-electron chi connectivity index (χ1n) is 8.14. The second kappa shape index (κ2) is 6.03. The first-order chi connectivity index (χ1) is 9.32. The van der Waals surface area contributed by atoms with Crippen molar-refractivity contribution in [2.45, 2.75) is 59.3 Å². The van der Waals surface area contributed by atoms with E-state index in [0.29, 0.717) is 5.41 Å². The summed E-state index contributed by atoms with van der Waals surface area (Å²) in [6.45, 7) is 15.7. The van der Waals surface area contributed by atoms with Crippen LogP contribution in [0.15, 0.2) is 24.3 Å². The molecule has 0 radical (unpaired) electrons. The van der Waals surface area contributed by atoms with Crippen LogP contribution in [-0.2, 0) is 6.54 Å². The molecule has 0 saturated carbocycles. The highest BCUT2D eigenvalue weighted by atomic mass is 28.3. The lowest BCUT2D eigenvalue weighted by atomic mass is 9.78. The van der Waals surface area contributed by atoms with Crippen LogP contribution in [0.2, 0.25) is 19.6 Å². The smallest absolute Gasteiger partial charge is 0.0775 e. The van der Waals surface area contributed by atoms with Crippen LogP contribution in [0.4, 0.5) is 0 Å². The topological polar surface area (TPSA) is 3.24 Å². The minimum atomic E-state index is -1.15. The Kier molecular flexibility index (Phi) is 4.75. The van der Waals surface area contributed by atoms with Gasteiger partial charge in [-0.3, -0.25) is 4.90 Å². The molecule has 0 atom stereocenters. The van der Waals surface area contributed by atoms with Crippen molar-refractivity contribution in [2.75, 3.05) is 13.1 Å². The normalized spacial score (nSPS) is 20.1. The van der Waals surface area contributed by atoms with Gasteiger partial charge in [0.05, 0.1) is 8.07 Å². The predicted molar refractivity (Wildman–Crippen MR) is 92.3 cm³/mol. The molecule has 0 bridgehead atoms. The zero-order chi connectivity index (χ0) is 14.8. The fourth-order valence-electron chi connectivity index (χ4n) is 2.97. The van der Waals surface area contributed by atoms with E-state index in [2.05, 4.69) is 62.7 Å². The molecule has 1 aliphatic heterocycles. The molecule has 1 aliphatic rings. The maximum absolute atomic E-state index is 2.63. The number of hydrogen-bond acceptors (Lipinski definition) is 1. The molecule has 0 spiro atoms. The monoisotopic (exact) mass is 289 g/mol.